The number of carbonyl (C=O) groups excluding carboxylic acids is 1. The molecule has 0 bridgehead atoms. The van der Waals surface area contributed by atoms with Crippen molar-refractivity contribution in [1.29, 1.82) is 0 Å². The predicted octanol–water partition coefficient (Wildman–Crippen LogP) is 2.25. The number of nitro benzene ring substituents is 1. The summed E-state index contributed by atoms with van der Waals surface area (Å²) >= 11 is 0. The molecule has 0 aliphatic heterocycles. The van der Waals surface area contributed by atoms with Gasteiger partial charge >= 0.3 is 0 Å². The molecule has 0 unspecified atom stereocenters. The molecule has 1 aromatic rings. The van der Waals surface area contributed by atoms with Gasteiger partial charge in [0.2, 0.25) is 5.91 Å². The van der Waals surface area contributed by atoms with Gasteiger partial charge in [-0.2, -0.15) is 0 Å². The van der Waals surface area contributed by atoms with Crippen LogP contribution >= 0.6 is 0 Å². The molecule has 0 aliphatic rings. The number of anilines is 1. The van der Waals surface area contributed by atoms with Gasteiger partial charge in [-0.15, -0.1) is 0 Å². The summed E-state index contributed by atoms with van der Waals surface area (Å²) in [6, 6.07) is 4.62. The van der Waals surface area contributed by atoms with Crippen molar-refractivity contribution in [3.8, 4) is 0 Å². The Bertz CT molecular complexity index is 402. The van der Waals surface area contributed by atoms with E-state index in [2.05, 4.69) is 5.32 Å². The Kier molecular flexibility index (Phi) is 3.38. The number of nitro groups is 1. The standard InChI is InChI=1S/C10H12N2O3/c1-3-10(13)11-8-6-7(2)4-5-9(8)12(14)15/h4-6H,3H2,1-2H3,(H,11,13). The fourth-order valence-corrected chi connectivity index (χ4v) is 1.15. The van der Waals surface area contributed by atoms with Crippen molar-refractivity contribution in [3.63, 3.8) is 0 Å². The van der Waals surface area contributed by atoms with Crippen LogP contribution in [0.4, 0.5) is 11.4 Å². The number of benzene rings is 1. The normalized spacial score (nSPS) is 9.73. The molecule has 1 aromatic carbocycles. The van der Waals surface area contributed by atoms with Crippen molar-refractivity contribution >= 4 is 17.3 Å². The highest BCUT2D eigenvalue weighted by atomic mass is 16.6. The first-order valence-electron chi connectivity index (χ1n) is 4.59. The van der Waals surface area contributed by atoms with E-state index in [0.717, 1.165) is 5.56 Å². The zero-order chi connectivity index (χ0) is 11.4. The molecule has 0 aromatic heterocycles. The van der Waals surface area contributed by atoms with Crippen LogP contribution in [-0.2, 0) is 4.79 Å². The summed E-state index contributed by atoms with van der Waals surface area (Å²) in [5, 5.41) is 13.2. The lowest BCUT2D eigenvalue weighted by atomic mass is 10.2. The van der Waals surface area contributed by atoms with E-state index in [4.69, 9.17) is 0 Å². The zero-order valence-electron chi connectivity index (χ0n) is 8.61. The largest absolute Gasteiger partial charge is 0.320 e. The van der Waals surface area contributed by atoms with Crippen LogP contribution in [0.1, 0.15) is 18.9 Å². The first-order valence-corrected chi connectivity index (χ1v) is 4.59. The molecule has 0 saturated heterocycles. The van der Waals surface area contributed by atoms with E-state index in [1.165, 1.54) is 6.07 Å². The number of amides is 1. The van der Waals surface area contributed by atoms with Gasteiger partial charge in [-0.25, -0.2) is 0 Å². The third kappa shape index (κ3) is 2.77. The molecule has 0 atom stereocenters. The maximum Gasteiger partial charge on any atom is 0.292 e. The van der Waals surface area contributed by atoms with Crippen LogP contribution in [0.2, 0.25) is 0 Å². The first kappa shape index (κ1) is 11.2. The lowest BCUT2D eigenvalue weighted by Crippen LogP contribution is -2.11. The monoisotopic (exact) mass is 208 g/mol. The Labute approximate surface area is 87.3 Å². The predicted molar refractivity (Wildman–Crippen MR) is 56.8 cm³/mol. The molecule has 0 spiro atoms. The summed E-state index contributed by atoms with van der Waals surface area (Å²) in [4.78, 5) is 21.3. The van der Waals surface area contributed by atoms with E-state index < -0.39 is 4.92 Å². The summed E-state index contributed by atoms with van der Waals surface area (Å²) in [6.07, 6.45) is 0.297. The second-order valence-corrected chi connectivity index (χ2v) is 3.18. The third-order valence-electron chi connectivity index (χ3n) is 1.94. The van der Waals surface area contributed by atoms with Crippen LogP contribution in [0.25, 0.3) is 0 Å². The van der Waals surface area contributed by atoms with Crippen LogP contribution in [0.3, 0.4) is 0 Å². The van der Waals surface area contributed by atoms with Gasteiger partial charge in [-0.3, -0.25) is 14.9 Å². The van der Waals surface area contributed by atoms with Crippen molar-refractivity contribution in [1.82, 2.24) is 0 Å². The second-order valence-electron chi connectivity index (χ2n) is 3.18. The smallest absolute Gasteiger partial charge is 0.292 e. The van der Waals surface area contributed by atoms with Crippen LogP contribution in [0.5, 0.6) is 0 Å². The highest BCUT2D eigenvalue weighted by Crippen LogP contribution is 2.25. The van der Waals surface area contributed by atoms with E-state index in [1.807, 2.05) is 6.92 Å². The second kappa shape index (κ2) is 4.54. The molecule has 1 N–H and O–H groups in total. The fraction of sp³-hybridized carbons (Fsp3) is 0.300. The molecule has 15 heavy (non-hydrogen) atoms. The molecule has 5 nitrogen and oxygen atoms in total. The van der Waals surface area contributed by atoms with Gasteiger partial charge in [-0.1, -0.05) is 13.0 Å². The molecule has 0 aliphatic carbocycles. The minimum atomic E-state index is -0.509. The van der Waals surface area contributed by atoms with Crippen molar-refractivity contribution in [2.75, 3.05) is 5.32 Å². The third-order valence-corrected chi connectivity index (χ3v) is 1.94. The molecule has 0 fully saturated rings. The van der Waals surface area contributed by atoms with Gasteiger partial charge in [0.1, 0.15) is 5.69 Å². The number of hydrogen-bond acceptors (Lipinski definition) is 3. The maximum absolute atomic E-state index is 11.1. The number of carbonyl (C=O) groups is 1. The summed E-state index contributed by atoms with van der Waals surface area (Å²) < 4.78 is 0. The van der Waals surface area contributed by atoms with Crippen molar-refractivity contribution in [3.05, 3.63) is 33.9 Å². The molecular weight excluding hydrogens is 196 g/mol. The number of rotatable bonds is 3. The number of aryl methyl sites for hydroxylation is 1. The summed E-state index contributed by atoms with van der Waals surface area (Å²) in [5.41, 5.74) is 1.04. The Balaban J connectivity index is 3.07. The molecular formula is C10H12N2O3. The number of nitrogens with one attached hydrogen (secondary N) is 1. The summed E-state index contributed by atoms with van der Waals surface area (Å²) in [5.74, 6) is -0.233. The van der Waals surface area contributed by atoms with Crippen molar-refractivity contribution < 1.29 is 9.72 Å². The molecule has 5 heteroatoms. The highest BCUT2D eigenvalue weighted by Gasteiger charge is 2.14. The van der Waals surface area contributed by atoms with Crippen LogP contribution < -0.4 is 5.32 Å². The molecule has 0 radical (unpaired) electrons. The minimum Gasteiger partial charge on any atom is -0.320 e. The highest BCUT2D eigenvalue weighted by molar-refractivity contribution is 5.92. The fourth-order valence-electron chi connectivity index (χ4n) is 1.15. The van der Waals surface area contributed by atoms with Crippen LogP contribution in [-0.4, -0.2) is 10.8 Å². The average molecular weight is 208 g/mol. The molecule has 1 amide bonds. The molecule has 0 heterocycles. The molecule has 80 valence electrons. The van der Waals surface area contributed by atoms with Crippen molar-refractivity contribution in [2.24, 2.45) is 0 Å². The topological polar surface area (TPSA) is 72.2 Å². The molecule has 1 rings (SSSR count). The van der Waals surface area contributed by atoms with Crippen molar-refractivity contribution in [2.45, 2.75) is 20.3 Å². The van der Waals surface area contributed by atoms with Gasteiger partial charge in [0.05, 0.1) is 4.92 Å². The van der Waals surface area contributed by atoms with E-state index in [-0.39, 0.29) is 17.3 Å². The zero-order valence-corrected chi connectivity index (χ0v) is 8.61. The first-order chi connectivity index (χ1) is 7.04. The molecule has 0 saturated carbocycles. The lowest BCUT2D eigenvalue weighted by Gasteiger charge is -2.05. The Morgan fingerprint density at radius 1 is 1.53 bits per heavy atom. The Morgan fingerprint density at radius 3 is 2.73 bits per heavy atom. The lowest BCUT2D eigenvalue weighted by molar-refractivity contribution is -0.383. The van der Waals surface area contributed by atoms with Gasteiger partial charge in [0.25, 0.3) is 5.69 Å². The van der Waals surface area contributed by atoms with Gasteiger partial charge in [0, 0.05) is 12.5 Å². The van der Waals surface area contributed by atoms with Crippen LogP contribution in [0, 0.1) is 17.0 Å². The summed E-state index contributed by atoms with van der Waals surface area (Å²) in [7, 11) is 0. The quantitative estimate of drug-likeness (QED) is 0.611. The number of nitrogens with zero attached hydrogens (tertiary/aromatic N) is 1. The minimum absolute atomic E-state index is 0.0811. The average Bonchev–Trinajstić information content (AvgIpc) is 2.17. The number of hydrogen-bond donors (Lipinski definition) is 1. The van der Waals surface area contributed by atoms with E-state index in [0.29, 0.717) is 6.42 Å². The maximum atomic E-state index is 11.1. The summed E-state index contributed by atoms with van der Waals surface area (Å²) in [6.45, 7) is 3.50. The van der Waals surface area contributed by atoms with Gasteiger partial charge < -0.3 is 5.32 Å². The van der Waals surface area contributed by atoms with E-state index in [1.54, 1.807) is 19.1 Å². The SMILES string of the molecule is CCC(=O)Nc1cc(C)ccc1[N+](=O)[O-]. The Morgan fingerprint density at radius 2 is 2.20 bits per heavy atom. The van der Waals surface area contributed by atoms with E-state index >= 15 is 0 Å². The Hall–Kier alpha value is -1.91. The van der Waals surface area contributed by atoms with Gasteiger partial charge in [0.15, 0.2) is 0 Å². The van der Waals surface area contributed by atoms with Gasteiger partial charge in [-0.05, 0) is 18.6 Å². The van der Waals surface area contributed by atoms with E-state index in [9.17, 15) is 14.9 Å². The van der Waals surface area contributed by atoms with Crippen LogP contribution in [0.15, 0.2) is 18.2 Å².